The van der Waals surface area contributed by atoms with Gasteiger partial charge in [0.05, 0.1) is 0 Å². The van der Waals surface area contributed by atoms with Crippen molar-refractivity contribution in [1.82, 2.24) is 15.1 Å². The average Bonchev–Trinajstić information content (AvgIpc) is 2.95. The first-order valence-corrected chi connectivity index (χ1v) is 6.43. The third-order valence-electron chi connectivity index (χ3n) is 3.10. The Morgan fingerprint density at radius 1 is 1.53 bits per heavy atom. The topological polar surface area (TPSA) is 60.1 Å². The Morgan fingerprint density at radius 2 is 2.26 bits per heavy atom. The average molecular weight is 261 g/mol. The molecule has 0 saturated heterocycles. The molecule has 0 aliphatic heterocycles. The molecular weight excluding hydrogens is 242 g/mol. The first kappa shape index (κ1) is 13.4. The highest BCUT2D eigenvalue weighted by Crippen LogP contribution is 2.21. The second-order valence-electron chi connectivity index (χ2n) is 4.73. The Bertz CT molecular complexity index is 583. The molecule has 0 spiro atoms. The van der Waals surface area contributed by atoms with E-state index in [0.29, 0.717) is 17.1 Å². The van der Waals surface area contributed by atoms with E-state index >= 15 is 0 Å². The van der Waals surface area contributed by atoms with E-state index < -0.39 is 0 Å². The summed E-state index contributed by atoms with van der Waals surface area (Å²) in [6.45, 7) is 5.89. The molecule has 0 aliphatic carbocycles. The summed E-state index contributed by atoms with van der Waals surface area (Å²) in [4.78, 5) is 12.1. The predicted molar refractivity (Wildman–Crippen MR) is 72.9 cm³/mol. The largest absolute Gasteiger partial charge is 0.460 e. The summed E-state index contributed by atoms with van der Waals surface area (Å²) in [5.41, 5.74) is 1.20. The van der Waals surface area contributed by atoms with Gasteiger partial charge in [-0.3, -0.25) is 9.48 Å². The van der Waals surface area contributed by atoms with Crippen LogP contribution in [0.25, 0.3) is 11.5 Å². The van der Waals surface area contributed by atoms with Crippen LogP contribution in [0.1, 0.15) is 36.5 Å². The first-order valence-electron chi connectivity index (χ1n) is 6.43. The van der Waals surface area contributed by atoms with Crippen LogP contribution in [-0.2, 0) is 7.05 Å². The van der Waals surface area contributed by atoms with Gasteiger partial charge in [-0.05, 0) is 32.4 Å². The maximum absolute atomic E-state index is 12.1. The van der Waals surface area contributed by atoms with Gasteiger partial charge in [-0.1, -0.05) is 6.92 Å². The highest BCUT2D eigenvalue weighted by Gasteiger charge is 2.16. The molecule has 0 aromatic carbocycles. The molecule has 5 nitrogen and oxygen atoms in total. The lowest BCUT2D eigenvalue weighted by Crippen LogP contribution is -2.33. The maximum Gasteiger partial charge on any atom is 0.269 e. The van der Waals surface area contributed by atoms with Crippen LogP contribution >= 0.6 is 0 Å². The molecule has 1 N–H and O–H groups in total. The van der Waals surface area contributed by atoms with Crippen molar-refractivity contribution in [2.75, 3.05) is 0 Å². The molecule has 2 heterocycles. The lowest BCUT2D eigenvalue weighted by Gasteiger charge is -2.10. The molecule has 102 valence electrons. The van der Waals surface area contributed by atoms with Crippen LogP contribution in [0.5, 0.6) is 0 Å². The molecule has 0 saturated carbocycles. The van der Waals surface area contributed by atoms with Gasteiger partial charge in [0, 0.05) is 19.2 Å². The van der Waals surface area contributed by atoms with Gasteiger partial charge in [-0.15, -0.1) is 0 Å². The Hall–Kier alpha value is -2.04. The Balaban J connectivity index is 2.24. The number of nitrogens with zero attached hydrogens (tertiary/aromatic N) is 2. The van der Waals surface area contributed by atoms with Crippen LogP contribution in [0.3, 0.4) is 0 Å². The fraction of sp³-hybridized carbons (Fsp3) is 0.429. The van der Waals surface area contributed by atoms with Gasteiger partial charge in [0.25, 0.3) is 5.91 Å². The number of carbonyl (C=O) groups excluding carboxylic acids is 1. The van der Waals surface area contributed by atoms with Crippen molar-refractivity contribution in [2.24, 2.45) is 7.05 Å². The molecule has 2 rings (SSSR count). The fourth-order valence-corrected chi connectivity index (χ4v) is 1.77. The van der Waals surface area contributed by atoms with Gasteiger partial charge in [0.2, 0.25) is 0 Å². The van der Waals surface area contributed by atoms with Gasteiger partial charge < -0.3 is 9.73 Å². The van der Waals surface area contributed by atoms with Crippen LogP contribution in [0.15, 0.2) is 22.6 Å². The smallest absolute Gasteiger partial charge is 0.269 e. The predicted octanol–water partition coefficient (Wildman–Crippen LogP) is 2.52. The normalized spacial score (nSPS) is 12.4. The van der Waals surface area contributed by atoms with Crippen molar-refractivity contribution in [1.29, 1.82) is 0 Å². The van der Waals surface area contributed by atoms with E-state index in [2.05, 4.69) is 10.4 Å². The summed E-state index contributed by atoms with van der Waals surface area (Å²) < 4.78 is 7.09. The molecule has 2 aromatic heterocycles. The summed E-state index contributed by atoms with van der Waals surface area (Å²) >= 11 is 0. The first-order chi connectivity index (χ1) is 9.01. The number of aryl methyl sites for hydroxylation is 2. The summed E-state index contributed by atoms with van der Waals surface area (Å²) in [7, 11) is 1.75. The van der Waals surface area contributed by atoms with E-state index in [1.165, 1.54) is 0 Å². The molecule has 2 aromatic rings. The van der Waals surface area contributed by atoms with Crippen molar-refractivity contribution < 1.29 is 9.21 Å². The highest BCUT2D eigenvalue weighted by atomic mass is 16.3. The summed E-state index contributed by atoms with van der Waals surface area (Å²) in [5, 5.41) is 7.24. The number of hydrogen-bond donors (Lipinski definition) is 1. The third kappa shape index (κ3) is 2.86. The molecule has 0 bridgehead atoms. The minimum atomic E-state index is -0.112. The summed E-state index contributed by atoms with van der Waals surface area (Å²) in [5.74, 6) is 1.39. The number of nitrogens with one attached hydrogen (secondary N) is 1. The Labute approximate surface area is 112 Å². The van der Waals surface area contributed by atoms with Gasteiger partial charge in [-0.2, -0.15) is 5.10 Å². The number of amides is 1. The molecular formula is C14H19N3O2. The van der Waals surface area contributed by atoms with Crippen molar-refractivity contribution in [3.05, 3.63) is 29.7 Å². The van der Waals surface area contributed by atoms with Crippen LogP contribution in [0.4, 0.5) is 0 Å². The van der Waals surface area contributed by atoms with Crippen LogP contribution < -0.4 is 5.32 Å². The Morgan fingerprint density at radius 3 is 2.84 bits per heavy atom. The summed E-state index contributed by atoms with van der Waals surface area (Å²) in [6, 6.07) is 5.63. The van der Waals surface area contributed by atoms with Gasteiger partial charge in [0.1, 0.15) is 17.1 Å². The van der Waals surface area contributed by atoms with Crippen LogP contribution in [0, 0.1) is 6.92 Å². The lowest BCUT2D eigenvalue weighted by molar-refractivity contribution is 0.0930. The third-order valence-corrected chi connectivity index (χ3v) is 3.10. The van der Waals surface area contributed by atoms with Gasteiger partial charge in [-0.25, -0.2) is 0 Å². The number of furan rings is 1. The van der Waals surface area contributed by atoms with Crippen molar-refractivity contribution >= 4 is 5.91 Å². The van der Waals surface area contributed by atoms with Gasteiger partial charge >= 0.3 is 0 Å². The molecule has 5 heteroatoms. The monoisotopic (exact) mass is 261 g/mol. The highest BCUT2D eigenvalue weighted by molar-refractivity contribution is 5.93. The number of aromatic nitrogens is 2. The fourth-order valence-electron chi connectivity index (χ4n) is 1.77. The van der Waals surface area contributed by atoms with Crippen molar-refractivity contribution in [2.45, 2.75) is 33.2 Å². The minimum Gasteiger partial charge on any atom is -0.460 e. The van der Waals surface area contributed by atoms with Gasteiger partial charge in [0.15, 0.2) is 5.76 Å². The molecule has 0 fully saturated rings. The van der Waals surface area contributed by atoms with E-state index in [1.807, 2.05) is 32.9 Å². The van der Waals surface area contributed by atoms with E-state index in [4.69, 9.17) is 4.42 Å². The zero-order valence-electron chi connectivity index (χ0n) is 11.7. The maximum atomic E-state index is 12.1. The van der Waals surface area contributed by atoms with Crippen LogP contribution in [0.2, 0.25) is 0 Å². The summed E-state index contributed by atoms with van der Waals surface area (Å²) in [6.07, 6.45) is 0.897. The number of carbonyl (C=O) groups is 1. The van der Waals surface area contributed by atoms with E-state index in [1.54, 1.807) is 17.8 Å². The SMILES string of the molecule is CCC(C)NC(=O)c1cc(-c2ccc(C)o2)nn1C. The Kier molecular flexibility index (Phi) is 3.74. The minimum absolute atomic E-state index is 0.112. The molecule has 1 amide bonds. The molecule has 1 unspecified atom stereocenters. The number of rotatable bonds is 4. The van der Waals surface area contributed by atoms with E-state index in [9.17, 15) is 4.79 Å². The van der Waals surface area contributed by atoms with Crippen molar-refractivity contribution in [3.8, 4) is 11.5 Å². The standard InChI is InChI=1S/C14H19N3O2/c1-5-9(2)15-14(18)12-8-11(16-17(12)4)13-7-6-10(3)19-13/h6-9H,5H2,1-4H3,(H,15,18). The lowest BCUT2D eigenvalue weighted by atomic mass is 10.2. The van der Waals surface area contributed by atoms with Crippen LogP contribution in [-0.4, -0.2) is 21.7 Å². The number of hydrogen-bond acceptors (Lipinski definition) is 3. The second kappa shape index (κ2) is 5.30. The molecule has 0 aliphatic rings. The van der Waals surface area contributed by atoms with E-state index in [0.717, 1.165) is 12.2 Å². The quantitative estimate of drug-likeness (QED) is 0.920. The second-order valence-corrected chi connectivity index (χ2v) is 4.73. The van der Waals surface area contributed by atoms with E-state index in [-0.39, 0.29) is 11.9 Å². The molecule has 0 radical (unpaired) electrons. The molecule has 1 atom stereocenters. The van der Waals surface area contributed by atoms with Crippen molar-refractivity contribution in [3.63, 3.8) is 0 Å². The zero-order chi connectivity index (χ0) is 14.0. The molecule has 19 heavy (non-hydrogen) atoms. The zero-order valence-corrected chi connectivity index (χ0v) is 11.7.